The molecule has 0 spiro atoms. The topological polar surface area (TPSA) is 27.7 Å². The smallest absolute Gasteiger partial charge is 0.231 e. The van der Waals surface area contributed by atoms with Gasteiger partial charge in [0.25, 0.3) is 0 Å². The van der Waals surface area contributed by atoms with E-state index in [4.69, 9.17) is 14.2 Å². The zero-order chi connectivity index (χ0) is 7.61. The second-order valence-corrected chi connectivity index (χ2v) is 2.50. The molecule has 1 heterocycles. The van der Waals surface area contributed by atoms with Crippen LogP contribution in [0.3, 0.4) is 0 Å². The van der Waals surface area contributed by atoms with Gasteiger partial charge in [-0.25, -0.2) is 0 Å². The summed E-state index contributed by atoms with van der Waals surface area (Å²) in [6, 6.07) is 0. The molecule has 1 saturated heterocycles. The number of methoxy groups -OCH3 is 1. The Balaban J connectivity index is 2.46. The molecule has 1 atom stereocenters. The van der Waals surface area contributed by atoms with Crippen LogP contribution in [-0.4, -0.2) is 26.1 Å². The van der Waals surface area contributed by atoms with Gasteiger partial charge in [-0.05, 0) is 0 Å². The molecule has 0 aromatic heterocycles. The van der Waals surface area contributed by atoms with Gasteiger partial charge in [0.15, 0.2) is 0 Å². The van der Waals surface area contributed by atoms with Crippen LogP contribution in [0.1, 0.15) is 6.92 Å². The summed E-state index contributed by atoms with van der Waals surface area (Å²) < 4.78 is 15.4. The van der Waals surface area contributed by atoms with Gasteiger partial charge < -0.3 is 14.2 Å². The van der Waals surface area contributed by atoms with Crippen molar-refractivity contribution in [2.75, 3.05) is 20.3 Å². The lowest BCUT2D eigenvalue weighted by molar-refractivity contribution is -0.166. The van der Waals surface area contributed by atoms with Gasteiger partial charge in [-0.3, -0.25) is 0 Å². The largest absolute Gasteiger partial charge is 0.463 e. The van der Waals surface area contributed by atoms with Crippen molar-refractivity contribution in [2.45, 2.75) is 12.7 Å². The van der Waals surface area contributed by atoms with E-state index < -0.39 is 5.79 Å². The van der Waals surface area contributed by atoms with Crippen molar-refractivity contribution < 1.29 is 14.2 Å². The highest BCUT2D eigenvalue weighted by atomic mass is 16.8. The quantitative estimate of drug-likeness (QED) is 0.576. The standard InChI is InChI=1S/C7H12O3/c1-6-4-9-7(2,10-6)5-8-3/h1,4-5H2,2-3H3. The predicted molar refractivity (Wildman–Crippen MR) is 36.5 cm³/mol. The zero-order valence-electron chi connectivity index (χ0n) is 6.35. The van der Waals surface area contributed by atoms with E-state index in [-0.39, 0.29) is 0 Å². The van der Waals surface area contributed by atoms with Crippen molar-refractivity contribution in [3.05, 3.63) is 12.3 Å². The summed E-state index contributed by atoms with van der Waals surface area (Å²) in [7, 11) is 1.61. The van der Waals surface area contributed by atoms with Crippen molar-refractivity contribution in [3.8, 4) is 0 Å². The monoisotopic (exact) mass is 144 g/mol. The van der Waals surface area contributed by atoms with Crippen LogP contribution in [0.15, 0.2) is 12.3 Å². The van der Waals surface area contributed by atoms with Crippen molar-refractivity contribution >= 4 is 0 Å². The van der Waals surface area contributed by atoms with Crippen LogP contribution < -0.4 is 0 Å². The number of rotatable bonds is 2. The molecule has 58 valence electrons. The highest BCUT2D eigenvalue weighted by Gasteiger charge is 2.33. The average molecular weight is 144 g/mol. The molecule has 0 N–H and O–H groups in total. The third-order valence-corrected chi connectivity index (χ3v) is 1.31. The summed E-state index contributed by atoms with van der Waals surface area (Å²) in [6.45, 7) is 6.37. The maximum atomic E-state index is 5.25. The second-order valence-electron chi connectivity index (χ2n) is 2.50. The van der Waals surface area contributed by atoms with Crippen LogP contribution in [0.25, 0.3) is 0 Å². The van der Waals surface area contributed by atoms with E-state index in [1.165, 1.54) is 0 Å². The lowest BCUT2D eigenvalue weighted by Gasteiger charge is -2.20. The molecule has 3 nitrogen and oxygen atoms in total. The minimum absolute atomic E-state index is 0.437. The van der Waals surface area contributed by atoms with Gasteiger partial charge in [0.05, 0.1) is 0 Å². The van der Waals surface area contributed by atoms with E-state index in [1.54, 1.807) is 7.11 Å². The van der Waals surface area contributed by atoms with Crippen molar-refractivity contribution in [2.24, 2.45) is 0 Å². The van der Waals surface area contributed by atoms with E-state index in [0.29, 0.717) is 19.0 Å². The van der Waals surface area contributed by atoms with E-state index in [0.717, 1.165) is 0 Å². The average Bonchev–Trinajstić information content (AvgIpc) is 2.12. The van der Waals surface area contributed by atoms with E-state index in [2.05, 4.69) is 6.58 Å². The summed E-state index contributed by atoms with van der Waals surface area (Å²) in [6.07, 6.45) is 0. The molecule has 1 aliphatic rings. The first-order chi connectivity index (χ1) is 4.66. The predicted octanol–water partition coefficient (Wildman–Crippen LogP) is 0.909. The molecule has 1 fully saturated rings. The normalized spacial score (nSPS) is 32.4. The molecule has 1 rings (SSSR count). The minimum atomic E-state index is -0.605. The van der Waals surface area contributed by atoms with Crippen molar-refractivity contribution in [1.29, 1.82) is 0 Å². The second kappa shape index (κ2) is 2.60. The van der Waals surface area contributed by atoms with E-state index in [1.807, 2.05) is 6.92 Å². The number of hydrogen-bond acceptors (Lipinski definition) is 3. The Kier molecular flexibility index (Phi) is 1.97. The molecule has 0 aliphatic carbocycles. The van der Waals surface area contributed by atoms with Gasteiger partial charge in [0, 0.05) is 14.0 Å². The molecule has 0 radical (unpaired) electrons. The van der Waals surface area contributed by atoms with Crippen LogP contribution in [0, 0.1) is 0 Å². The first-order valence-corrected chi connectivity index (χ1v) is 3.16. The summed E-state index contributed by atoms with van der Waals surface area (Å²) >= 11 is 0. The summed E-state index contributed by atoms with van der Waals surface area (Å²) in [5, 5.41) is 0. The fourth-order valence-electron chi connectivity index (χ4n) is 0.931. The summed E-state index contributed by atoms with van der Waals surface area (Å²) in [5.74, 6) is 0.0609. The molecule has 10 heavy (non-hydrogen) atoms. The fraction of sp³-hybridized carbons (Fsp3) is 0.714. The molecule has 0 bridgehead atoms. The molecule has 0 aromatic rings. The SMILES string of the molecule is C=C1COC(C)(COC)O1. The third-order valence-electron chi connectivity index (χ3n) is 1.31. The maximum absolute atomic E-state index is 5.25. The van der Waals surface area contributed by atoms with E-state index in [9.17, 15) is 0 Å². The van der Waals surface area contributed by atoms with Gasteiger partial charge in [-0.1, -0.05) is 6.58 Å². The number of ether oxygens (including phenoxy) is 3. The van der Waals surface area contributed by atoms with Gasteiger partial charge in [-0.15, -0.1) is 0 Å². The highest BCUT2D eigenvalue weighted by Crippen LogP contribution is 2.24. The lowest BCUT2D eigenvalue weighted by Crippen LogP contribution is -2.30. The Labute approximate surface area is 60.6 Å². The first kappa shape index (κ1) is 7.57. The molecular formula is C7H12O3. The lowest BCUT2D eigenvalue weighted by atomic mass is 10.3. The fourth-order valence-corrected chi connectivity index (χ4v) is 0.931. The zero-order valence-corrected chi connectivity index (χ0v) is 6.35. The van der Waals surface area contributed by atoms with Crippen LogP contribution in [0.5, 0.6) is 0 Å². The molecule has 1 unspecified atom stereocenters. The maximum Gasteiger partial charge on any atom is 0.231 e. The molecule has 0 aromatic carbocycles. The van der Waals surface area contributed by atoms with Crippen LogP contribution in [0.4, 0.5) is 0 Å². The van der Waals surface area contributed by atoms with Gasteiger partial charge in [-0.2, -0.15) is 0 Å². The van der Waals surface area contributed by atoms with E-state index >= 15 is 0 Å². The molecule has 0 amide bonds. The Bertz CT molecular complexity index is 144. The van der Waals surface area contributed by atoms with Crippen LogP contribution in [-0.2, 0) is 14.2 Å². The Morgan fingerprint density at radius 3 is 2.90 bits per heavy atom. The molecule has 1 aliphatic heterocycles. The highest BCUT2D eigenvalue weighted by molar-refractivity contribution is 4.91. The van der Waals surface area contributed by atoms with Gasteiger partial charge >= 0.3 is 0 Å². The summed E-state index contributed by atoms with van der Waals surface area (Å²) in [5.41, 5.74) is 0. The molecule has 3 heteroatoms. The van der Waals surface area contributed by atoms with Crippen LogP contribution in [0.2, 0.25) is 0 Å². The Morgan fingerprint density at radius 1 is 1.80 bits per heavy atom. The first-order valence-electron chi connectivity index (χ1n) is 3.16. The molecule has 0 saturated carbocycles. The molecular weight excluding hydrogens is 132 g/mol. The van der Waals surface area contributed by atoms with Crippen molar-refractivity contribution in [3.63, 3.8) is 0 Å². The van der Waals surface area contributed by atoms with Crippen LogP contribution >= 0.6 is 0 Å². The minimum Gasteiger partial charge on any atom is -0.463 e. The summed E-state index contributed by atoms with van der Waals surface area (Å²) in [4.78, 5) is 0. The Morgan fingerprint density at radius 2 is 2.50 bits per heavy atom. The van der Waals surface area contributed by atoms with Gasteiger partial charge in [0.1, 0.15) is 19.0 Å². The van der Waals surface area contributed by atoms with Gasteiger partial charge in [0.2, 0.25) is 5.79 Å². The third kappa shape index (κ3) is 1.49. The number of hydrogen-bond donors (Lipinski definition) is 0. The van der Waals surface area contributed by atoms with Crippen molar-refractivity contribution in [1.82, 2.24) is 0 Å². The Hall–Kier alpha value is -0.540.